The van der Waals surface area contributed by atoms with E-state index in [0.717, 1.165) is 0 Å². The topological polar surface area (TPSA) is 99.8 Å². The molecule has 2 aromatic rings. The van der Waals surface area contributed by atoms with Crippen LogP contribution in [0.2, 0.25) is 0 Å². The first kappa shape index (κ1) is 8.52. The molecule has 0 atom stereocenters. The molecule has 0 bridgehead atoms. The molecule has 1 aromatic heterocycles. The predicted octanol–water partition coefficient (Wildman–Crippen LogP) is 0.463. The Morgan fingerprint density at radius 2 is 2.14 bits per heavy atom. The molecule has 0 aliphatic carbocycles. The normalized spacial score (nSPS) is 10.1. The lowest BCUT2D eigenvalue weighted by Crippen LogP contribution is -2.07. The molecule has 0 unspecified atom stereocenters. The van der Waals surface area contributed by atoms with Crippen molar-refractivity contribution in [3.05, 3.63) is 24.3 Å². The summed E-state index contributed by atoms with van der Waals surface area (Å²) in [5.74, 6) is 6.02. The monoisotopic (exact) mass is 191 g/mol. The Labute approximate surface area is 79.8 Å². The third kappa shape index (κ3) is 1.38. The second-order valence-electron chi connectivity index (χ2n) is 2.67. The Morgan fingerprint density at radius 1 is 1.36 bits per heavy atom. The van der Waals surface area contributed by atoms with Crippen LogP contribution in [0.1, 0.15) is 0 Å². The number of phenols is 1. The Morgan fingerprint density at radius 3 is 2.79 bits per heavy atom. The van der Waals surface area contributed by atoms with Crippen molar-refractivity contribution < 1.29 is 5.11 Å². The van der Waals surface area contributed by atoms with Crippen LogP contribution in [-0.2, 0) is 0 Å². The number of aromatic amines is 1. The van der Waals surface area contributed by atoms with Crippen molar-refractivity contribution in [1.82, 2.24) is 15.2 Å². The van der Waals surface area contributed by atoms with Gasteiger partial charge in [0.05, 0.1) is 5.56 Å². The molecule has 0 spiro atoms. The Hall–Kier alpha value is -2.08. The van der Waals surface area contributed by atoms with Crippen LogP contribution < -0.4 is 11.3 Å². The fraction of sp³-hybridized carbons (Fsp3) is 0. The van der Waals surface area contributed by atoms with Gasteiger partial charge in [-0.15, -0.1) is 5.10 Å². The zero-order chi connectivity index (χ0) is 9.97. The van der Waals surface area contributed by atoms with Gasteiger partial charge in [0, 0.05) is 0 Å². The number of hydrogen-bond donors (Lipinski definition) is 4. The highest BCUT2D eigenvalue weighted by Gasteiger charge is 2.07. The first-order chi connectivity index (χ1) is 6.81. The quantitative estimate of drug-likeness (QED) is 0.408. The van der Waals surface area contributed by atoms with Crippen LogP contribution in [-0.4, -0.2) is 20.3 Å². The van der Waals surface area contributed by atoms with E-state index in [1.165, 1.54) is 0 Å². The van der Waals surface area contributed by atoms with Gasteiger partial charge in [0.1, 0.15) is 5.75 Å². The number of aromatic hydroxyl groups is 1. The fourth-order valence-corrected chi connectivity index (χ4v) is 1.12. The molecule has 72 valence electrons. The summed E-state index contributed by atoms with van der Waals surface area (Å²) in [7, 11) is 0. The van der Waals surface area contributed by atoms with Crippen molar-refractivity contribution in [1.29, 1.82) is 0 Å². The van der Waals surface area contributed by atoms with Crippen LogP contribution in [0, 0.1) is 0 Å². The van der Waals surface area contributed by atoms with E-state index in [-0.39, 0.29) is 11.7 Å². The molecule has 1 heterocycles. The molecule has 0 aliphatic rings. The molecular weight excluding hydrogens is 182 g/mol. The van der Waals surface area contributed by atoms with E-state index in [1.54, 1.807) is 24.3 Å². The largest absolute Gasteiger partial charge is 0.507 e. The number of para-hydroxylation sites is 1. The summed E-state index contributed by atoms with van der Waals surface area (Å²) in [4.78, 5) is 4.00. The first-order valence-corrected chi connectivity index (χ1v) is 3.98. The molecule has 6 heteroatoms. The molecule has 0 aliphatic heterocycles. The van der Waals surface area contributed by atoms with Gasteiger partial charge in [0.15, 0.2) is 5.82 Å². The van der Waals surface area contributed by atoms with Gasteiger partial charge in [0.25, 0.3) is 5.95 Å². The molecule has 0 radical (unpaired) electrons. The van der Waals surface area contributed by atoms with Gasteiger partial charge >= 0.3 is 0 Å². The number of H-pyrrole nitrogens is 1. The number of nitrogens with two attached hydrogens (primary N) is 1. The van der Waals surface area contributed by atoms with Gasteiger partial charge in [-0.1, -0.05) is 12.1 Å². The van der Waals surface area contributed by atoms with Crippen LogP contribution in [0.5, 0.6) is 5.75 Å². The third-order valence-corrected chi connectivity index (χ3v) is 1.77. The number of nitrogens with one attached hydrogen (secondary N) is 2. The van der Waals surface area contributed by atoms with Gasteiger partial charge < -0.3 is 5.11 Å². The summed E-state index contributed by atoms with van der Waals surface area (Å²) in [6, 6.07) is 6.84. The van der Waals surface area contributed by atoms with Crippen molar-refractivity contribution in [3.63, 3.8) is 0 Å². The van der Waals surface area contributed by atoms with Crippen LogP contribution in [0.25, 0.3) is 11.4 Å². The standard InChI is InChI=1S/C8H9N5O/c9-11-8-10-7(12-13-8)5-3-1-2-4-6(5)14/h1-4,14H,9H2,(H2,10,11,12,13). The van der Waals surface area contributed by atoms with E-state index < -0.39 is 0 Å². The van der Waals surface area contributed by atoms with Crippen LogP contribution >= 0.6 is 0 Å². The SMILES string of the molecule is NNc1n[nH]c(-c2ccccc2O)n1. The zero-order valence-electron chi connectivity index (χ0n) is 7.23. The lowest BCUT2D eigenvalue weighted by Gasteiger charge is -1.98. The minimum absolute atomic E-state index is 0.146. The highest BCUT2D eigenvalue weighted by atomic mass is 16.3. The number of hydrazine groups is 1. The maximum Gasteiger partial charge on any atom is 0.256 e. The Kier molecular flexibility index (Phi) is 2.04. The molecule has 6 nitrogen and oxygen atoms in total. The lowest BCUT2D eigenvalue weighted by molar-refractivity contribution is 0.477. The Bertz CT molecular complexity index is 439. The number of aromatic nitrogens is 3. The summed E-state index contributed by atoms with van der Waals surface area (Å²) in [6.45, 7) is 0. The van der Waals surface area contributed by atoms with E-state index >= 15 is 0 Å². The molecule has 0 saturated carbocycles. The van der Waals surface area contributed by atoms with Crippen LogP contribution in [0.4, 0.5) is 5.95 Å². The van der Waals surface area contributed by atoms with Crippen molar-refractivity contribution in [2.45, 2.75) is 0 Å². The average molecular weight is 191 g/mol. The van der Waals surface area contributed by atoms with Gasteiger partial charge in [-0.05, 0) is 12.1 Å². The average Bonchev–Trinajstić information content (AvgIpc) is 2.67. The number of hydrogen-bond acceptors (Lipinski definition) is 5. The number of anilines is 1. The summed E-state index contributed by atoms with van der Waals surface area (Å²) in [6.07, 6.45) is 0. The third-order valence-electron chi connectivity index (χ3n) is 1.77. The van der Waals surface area contributed by atoms with E-state index in [9.17, 15) is 5.11 Å². The van der Waals surface area contributed by atoms with Crippen molar-refractivity contribution >= 4 is 5.95 Å². The Balaban J connectivity index is 2.44. The minimum atomic E-state index is 0.146. The number of rotatable bonds is 2. The molecular formula is C8H9N5O. The second-order valence-corrected chi connectivity index (χ2v) is 2.67. The smallest absolute Gasteiger partial charge is 0.256 e. The summed E-state index contributed by atoms with van der Waals surface area (Å²) >= 11 is 0. The number of nitrogen functional groups attached to an aromatic ring is 1. The maximum atomic E-state index is 9.51. The number of nitrogens with zero attached hydrogens (tertiary/aromatic N) is 2. The van der Waals surface area contributed by atoms with E-state index in [4.69, 9.17) is 5.84 Å². The molecule has 5 N–H and O–H groups in total. The van der Waals surface area contributed by atoms with Gasteiger partial charge in [-0.25, -0.2) is 5.84 Å². The summed E-state index contributed by atoms with van der Waals surface area (Å²) in [5, 5.41) is 15.9. The zero-order valence-corrected chi connectivity index (χ0v) is 7.23. The fourth-order valence-electron chi connectivity index (χ4n) is 1.12. The lowest BCUT2D eigenvalue weighted by atomic mass is 10.2. The van der Waals surface area contributed by atoms with Gasteiger partial charge in [-0.3, -0.25) is 10.5 Å². The highest BCUT2D eigenvalue weighted by Crippen LogP contribution is 2.25. The van der Waals surface area contributed by atoms with Crippen molar-refractivity contribution in [2.75, 3.05) is 5.43 Å². The molecule has 0 fully saturated rings. The van der Waals surface area contributed by atoms with Gasteiger partial charge in [0.2, 0.25) is 0 Å². The van der Waals surface area contributed by atoms with E-state index in [1.807, 2.05) is 0 Å². The molecule has 14 heavy (non-hydrogen) atoms. The molecule has 0 saturated heterocycles. The molecule has 0 amide bonds. The minimum Gasteiger partial charge on any atom is -0.507 e. The summed E-state index contributed by atoms with van der Waals surface area (Å²) < 4.78 is 0. The van der Waals surface area contributed by atoms with Crippen LogP contribution in [0.3, 0.4) is 0 Å². The maximum absolute atomic E-state index is 9.51. The second kappa shape index (κ2) is 3.35. The predicted molar refractivity (Wildman–Crippen MR) is 51.3 cm³/mol. The van der Waals surface area contributed by atoms with E-state index in [2.05, 4.69) is 20.6 Å². The summed E-state index contributed by atoms with van der Waals surface area (Å²) in [5.41, 5.74) is 2.89. The first-order valence-electron chi connectivity index (χ1n) is 3.98. The number of benzene rings is 1. The van der Waals surface area contributed by atoms with Crippen LogP contribution in [0.15, 0.2) is 24.3 Å². The number of phenolic OH excluding ortho intramolecular Hbond substituents is 1. The van der Waals surface area contributed by atoms with E-state index in [0.29, 0.717) is 11.4 Å². The van der Waals surface area contributed by atoms with Gasteiger partial charge in [-0.2, -0.15) is 4.98 Å². The highest BCUT2D eigenvalue weighted by molar-refractivity contribution is 5.63. The molecule has 1 aromatic carbocycles. The van der Waals surface area contributed by atoms with Crippen molar-refractivity contribution in [2.24, 2.45) is 5.84 Å². The van der Waals surface area contributed by atoms with Crippen molar-refractivity contribution in [3.8, 4) is 17.1 Å². The molecule has 2 rings (SSSR count).